The first-order chi connectivity index (χ1) is 12.8. The number of aromatic nitrogens is 3. The molecule has 0 spiro atoms. The van der Waals surface area contributed by atoms with Gasteiger partial charge in [-0.25, -0.2) is 9.78 Å². The molecule has 140 valence electrons. The molecule has 9 heteroatoms. The second-order valence-corrected chi connectivity index (χ2v) is 6.51. The van der Waals surface area contributed by atoms with Gasteiger partial charge in [-0.2, -0.15) is 0 Å². The van der Waals surface area contributed by atoms with Crippen molar-refractivity contribution in [2.45, 2.75) is 13.3 Å². The number of hydrogen-bond acceptors (Lipinski definition) is 5. The highest BCUT2D eigenvalue weighted by atomic mass is 35.5. The Balaban J connectivity index is 2.25. The van der Waals surface area contributed by atoms with Crippen LogP contribution < -0.4 is 22.3 Å². The third-order valence-electron chi connectivity index (χ3n) is 4.40. The molecular formula is C18H18ClN5O3. The number of nitrogens with zero attached hydrogens (tertiary/aromatic N) is 3. The molecule has 0 radical (unpaired) electrons. The SMILES string of the molecule is CCc1c(C(=O)Nc2ccc(Cl)cc2)c(N)nc2c1c(=O)n(C)c(=O)n2C. The van der Waals surface area contributed by atoms with Crippen LogP contribution in [0.25, 0.3) is 11.0 Å². The summed E-state index contributed by atoms with van der Waals surface area (Å²) < 4.78 is 2.23. The van der Waals surface area contributed by atoms with Crippen molar-refractivity contribution < 1.29 is 4.79 Å². The van der Waals surface area contributed by atoms with Crippen molar-refractivity contribution in [2.24, 2.45) is 14.1 Å². The van der Waals surface area contributed by atoms with Crippen molar-refractivity contribution in [3.8, 4) is 0 Å². The average molecular weight is 388 g/mol. The Bertz CT molecular complexity index is 1180. The lowest BCUT2D eigenvalue weighted by atomic mass is 10.0. The van der Waals surface area contributed by atoms with E-state index in [0.29, 0.717) is 22.7 Å². The third-order valence-corrected chi connectivity index (χ3v) is 4.65. The molecule has 3 rings (SSSR count). The van der Waals surface area contributed by atoms with E-state index in [9.17, 15) is 14.4 Å². The van der Waals surface area contributed by atoms with Gasteiger partial charge in [0.05, 0.1) is 10.9 Å². The van der Waals surface area contributed by atoms with Crippen molar-refractivity contribution >= 4 is 40.0 Å². The number of nitrogen functional groups attached to an aromatic ring is 1. The van der Waals surface area contributed by atoms with Crippen LogP contribution in [0.1, 0.15) is 22.8 Å². The van der Waals surface area contributed by atoms with Crippen molar-refractivity contribution in [3.63, 3.8) is 0 Å². The maximum absolute atomic E-state index is 12.8. The van der Waals surface area contributed by atoms with E-state index in [1.165, 1.54) is 18.7 Å². The Kier molecular flexibility index (Phi) is 4.75. The minimum Gasteiger partial charge on any atom is -0.383 e. The summed E-state index contributed by atoms with van der Waals surface area (Å²) in [6.07, 6.45) is 0.361. The number of amides is 1. The largest absolute Gasteiger partial charge is 0.383 e. The highest BCUT2D eigenvalue weighted by molar-refractivity contribution is 6.30. The van der Waals surface area contributed by atoms with Crippen LogP contribution in [0.3, 0.4) is 0 Å². The molecule has 0 saturated heterocycles. The first-order valence-corrected chi connectivity index (χ1v) is 8.59. The summed E-state index contributed by atoms with van der Waals surface area (Å²) in [4.78, 5) is 41.9. The van der Waals surface area contributed by atoms with Crippen molar-refractivity contribution in [1.82, 2.24) is 14.1 Å². The molecule has 0 aliphatic carbocycles. The van der Waals surface area contributed by atoms with Crippen LogP contribution in [0.4, 0.5) is 11.5 Å². The van der Waals surface area contributed by atoms with Gasteiger partial charge < -0.3 is 11.1 Å². The zero-order valence-electron chi connectivity index (χ0n) is 15.0. The number of nitrogens with two attached hydrogens (primary N) is 1. The molecule has 27 heavy (non-hydrogen) atoms. The second-order valence-electron chi connectivity index (χ2n) is 6.07. The van der Waals surface area contributed by atoms with Gasteiger partial charge in [0.15, 0.2) is 5.65 Å². The lowest BCUT2D eigenvalue weighted by Crippen LogP contribution is -2.38. The van der Waals surface area contributed by atoms with E-state index in [0.717, 1.165) is 4.57 Å². The topological polar surface area (TPSA) is 112 Å². The van der Waals surface area contributed by atoms with E-state index >= 15 is 0 Å². The maximum Gasteiger partial charge on any atom is 0.332 e. The molecule has 8 nitrogen and oxygen atoms in total. The number of rotatable bonds is 3. The van der Waals surface area contributed by atoms with Gasteiger partial charge in [0, 0.05) is 24.8 Å². The van der Waals surface area contributed by atoms with E-state index in [2.05, 4.69) is 10.3 Å². The zero-order chi connectivity index (χ0) is 19.9. The average Bonchev–Trinajstić information content (AvgIpc) is 2.65. The Morgan fingerprint density at radius 2 is 1.81 bits per heavy atom. The molecule has 0 fully saturated rings. The van der Waals surface area contributed by atoms with Crippen molar-refractivity contribution in [3.05, 3.63) is 61.3 Å². The second kappa shape index (κ2) is 6.88. The molecule has 0 bridgehead atoms. The highest BCUT2D eigenvalue weighted by Gasteiger charge is 2.23. The molecule has 3 N–H and O–H groups in total. The summed E-state index contributed by atoms with van der Waals surface area (Å²) >= 11 is 5.86. The molecular weight excluding hydrogens is 370 g/mol. The predicted octanol–water partition coefficient (Wildman–Crippen LogP) is 1.68. The van der Waals surface area contributed by atoms with Gasteiger partial charge in [0.2, 0.25) is 0 Å². The number of pyridine rings is 1. The fourth-order valence-electron chi connectivity index (χ4n) is 3.01. The number of carbonyl (C=O) groups is 1. The quantitative estimate of drug-likeness (QED) is 0.710. The van der Waals surface area contributed by atoms with Crippen LogP contribution in [-0.4, -0.2) is 20.0 Å². The van der Waals surface area contributed by atoms with Gasteiger partial charge in [-0.15, -0.1) is 0 Å². The smallest absolute Gasteiger partial charge is 0.332 e. The van der Waals surface area contributed by atoms with E-state index in [4.69, 9.17) is 17.3 Å². The fraction of sp³-hybridized carbons (Fsp3) is 0.222. The van der Waals surface area contributed by atoms with Gasteiger partial charge in [-0.05, 0) is 36.2 Å². The monoisotopic (exact) mass is 387 g/mol. The van der Waals surface area contributed by atoms with Gasteiger partial charge in [-0.1, -0.05) is 18.5 Å². The fourth-order valence-corrected chi connectivity index (χ4v) is 3.14. The molecule has 0 aliphatic heterocycles. The summed E-state index contributed by atoms with van der Waals surface area (Å²) in [5.41, 5.74) is 6.25. The maximum atomic E-state index is 12.8. The Labute approximate surface area is 159 Å². The summed E-state index contributed by atoms with van der Waals surface area (Å²) in [6.45, 7) is 1.80. The van der Waals surface area contributed by atoms with E-state index < -0.39 is 17.2 Å². The third kappa shape index (κ3) is 3.08. The van der Waals surface area contributed by atoms with Crippen LogP contribution in [-0.2, 0) is 20.5 Å². The molecule has 2 heterocycles. The molecule has 3 aromatic rings. The van der Waals surface area contributed by atoms with Crippen molar-refractivity contribution in [1.29, 1.82) is 0 Å². The Morgan fingerprint density at radius 3 is 2.41 bits per heavy atom. The molecule has 0 aliphatic rings. The summed E-state index contributed by atoms with van der Waals surface area (Å²) in [7, 11) is 2.89. The van der Waals surface area contributed by atoms with Crippen LogP contribution >= 0.6 is 11.6 Å². The minimum absolute atomic E-state index is 0.0472. The molecule has 1 aromatic carbocycles. The normalized spacial score (nSPS) is 11.0. The summed E-state index contributed by atoms with van der Waals surface area (Å²) in [5.74, 6) is -0.536. The first-order valence-electron chi connectivity index (χ1n) is 8.21. The lowest BCUT2D eigenvalue weighted by molar-refractivity contribution is 0.102. The van der Waals surface area contributed by atoms with Crippen LogP contribution in [0.15, 0.2) is 33.9 Å². The lowest BCUT2D eigenvalue weighted by Gasteiger charge is -2.15. The number of carbonyl (C=O) groups excluding carboxylic acids is 1. The van der Waals surface area contributed by atoms with Gasteiger partial charge in [0.1, 0.15) is 5.82 Å². The first kappa shape index (κ1) is 18.7. The number of aryl methyl sites for hydroxylation is 2. The zero-order valence-corrected chi connectivity index (χ0v) is 15.8. The number of hydrogen-bond donors (Lipinski definition) is 2. The number of benzene rings is 1. The van der Waals surface area contributed by atoms with Crippen molar-refractivity contribution in [2.75, 3.05) is 11.1 Å². The summed E-state index contributed by atoms with van der Waals surface area (Å²) in [5, 5.41) is 3.48. The summed E-state index contributed by atoms with van der Waals surface area (Å²) in [6, 6.07) is 6.59. The van der Waals surface area contributed by atoms with Gasteiger partial charge in [-0.3, -0.25) is 18.7 Å². The van der Waals surface area contributed by atoms with E-state index in [1.807, 2.05) is 0 Å². The van der Waals surface area contributed by atoms with Gasteiger partial charge >= 0.3 is 5.69 Å². The Morgan fingerprint density at radius 1 is 1.19 bits per heavy atom. The number of anilines is 2. The predicted molar refractivity (Wildman–Crippen MR) is 105 cm³/mol. The Hall–Kier alpha value is -3.13. The minimum atomic E-state index is -0.516. The highest BCUT2D eigenvalue weighted by Crippen LogP contribution is 2.24. The van der Waals surface area contributed by atoms with Crippen LogP contribution in [0, 0.1) is 0 Å². The standard InChI is InChI=1S/C18H18ClN5O3/c1-4-11-12(16(25)21-10-7-5-9(19)6-8-10)14(20)22-15-13(11)17(26)24(3)18(27)23(15)2/h5-8H,4H2,1-3H3,(H2,20,22)(H,21,25). The number of nitrogens with one attached hydrogen (secondary N) is 1. The molecule has 1 amide bonds. The van der Waals surface area contributed by atoms with E-state index in [1.54, 1.807) is 31.2 Å². The number of fused-ring (bicyclic) bond motifs is 1. The molecule has 0 saturated carbocycles. The number of halogens is 1. The molecule has 0 unspecified atom stereocenters. The van der Waals surface area contributed by atoms with Gasteiger partial charge in [0.25, 0.3) is 11.5 Å². The van der Waals surface area contributed by atoms with E-state index in [-0.39, 0.29) is 22.4 Å². The molecule has 0 atom stereocenters. The van der Waals surface area contributed by atoms with Crippen LogP contribution in [0.5, 0.6) is 0 Å². The molecule has 2 aromatic heterocycles. The van der Waals surface area contributed by atoms with Crippen LogP contribution in [0.2, 0.25) is 5.02 Å².